The average molecular weight is 617 g/mol. The molecule has 2 amide bonds. The molecule has 44 heavy (non-hydrogen) atoms. The Hall–Kier alpha value is -3.71. The fraction of sp³-hybridized carbons (Fsp3) is 0.531. The second-order valence-corrected chi connectivity index (χ2v) is 12.4. The second kappa shape index (κ2) is 17.6. The van der Waals surface area contributed by atoms with Gasteiger partial charge in [-0.15, -0.1) is 0 Å². The molecule has 0 radical (unpaired) electrons. The number of anilines is 3. The Balaban J connectivity index is 2.01. The molecule has 0 heterocycles. The number of nitrogens with zero attached hydrogens (tertiary/aromatic N) is 2. The zero-order valence-electron chi connectivity index (χ0n) is 27.1. The molecule has 3 N–H and O–H groups in total. The molecule has 0 spiro atoms. The van der Waals surface area contributed by atoms with Crippen LogP contribution in [0.1, 0.15) is 66.0 Å². The van der Waals surface area contributed by atoms with Crippen molar-refractivity contribution in [2.75, 3.05) is 42.2 Å². The van der Waals surface area contributed by atoms with Gasteiger partial charge < -0.3 is 25.0 Å². The van der Waals surface area contributed by atoms with Crippen LogP contribution < -0.4 is 15.5 Å². The normalized spacial score (nSPS) is 11.5. The van der Waals surface area contributed by atoms with E-state index in [0.29, 0.717) is 29.6 Å². The standard InChI is InChI=1S/C32H48N4O8/c1-22(2)18-35(19-23(3)4)28-15-11-25(17-27(28)34-31(39)33-26-13-9-24(5)10-14-26)12-16-29(37)41-20-43-36(40)44-21-42-30(38)32(6,7)8/h9-11,13-15,17,22-23,40H,12,16,18-21H2,1-8H3,(H2,33,34,39). The number of ether oxygens (including phenoxy) is 2. The van der Waals surface area contributed by atoms with Crippen LogP contribution in [0.3, 0.4) is 0 Å². The van der Waals surface area contributed by atoms with Crippen LogP contribution in [0.15, 0.2) is 42.5 Å². The van der Waals surface area contributed by atoms with Gasteiger partial charge in [0.1, 0.15) is 0 Å². The molecule has 2 aromatic carbocycles. The first-order chi connectivity index (χ1) is 20.6. The Bertz CT molecular complexity index is 1200. The van der Waals surface area contributed by atoms with E-state index >= 15 is 0 Å². The van der Waals surface area contributed by atoms with E-state index < -0.39 is 30.9 Å². The summed E-state index contributed by atoms with van der Waals surface area (Å²) in [6, 6.07) is 12.9. The Kier molecular flexibility index (Phi) is 14.6. The van der Waals surface area contributed by atoms with Crippen LogP contribution in [-0.2, 0) is 35.2 Å². The van der Waals surface area contributed by atoms with Crippen molar-refractivity contribution >= 4 is 35.0 Å². The lowest BCUT2D eigenvalue weighted by molar-refractivity contribution is -0.530. The van der Waals surface area contributed by atoms with E-state index in [9.17, 15) is 19.6 Å². The van der Waals surface area contributed by atoms with E-state index in [1.54, 1.807) is 20.8 Å². The fourth-order valence-electron chi connectivity index (χ4n) is 4.02. The maximum Gasteiger partial charge on any atom is 0.323 e. The highest BCUT2D eigenvalue weighted by Gasteiger charge is 2.23. The smallest absolute Gasteiger partial charge is 0.323 e. The molecule has 0 aliphatic carbocycles. The highest BCUT2D eigenvalue weighted by Crippen LogP contribution is 2.30. The molecule has 244 valence electrons. The first-order valence-electron chi connectivity index (χ1n) is 14.7. The Morgan fingerprint density at radius 1 is 0.864 bits per heavy atom. The average Bonchev–Trinajstić information content (AvgIpc) is 2.92. The SMILES string of the molecule is Cc1ccc(NC(=O)Nc2cc(CCC(=O)OCON(O)OCOC(=O)C(C)(C)C)ccc2N(CC(C)C)CC(C)C)cc1. The lowest BCUT2D eigenvalue weighted by Gasteiger charge is -2.30. The van der Waals surface area contributed by atoms with Gasteiger partial charge in [-0.3, -0.25) is 14.8 Å². The first kappa shape index (κ1) is 36.5. The molecule has 0 bridgehead atoms. The van der Waals surface area contributed by atoms with Crippen molar-refractivity contribution in [2.45, 2.75) is 68.2 Å². The summed E-state index contributed by atoms with van der Waals surface area (Å²) in [7, 11) is 0. The molecular formula is C32H48N4O8. The number of carbonyl (C=O) groups excluding carboxylic acids is 3. The minimum atomic E-state index is -0.730. The molecule has 0 saturated carbocycles. The molecule has 0 saturated heterocycles. The largest absolute Gasteiger partial charge is 0.437 e. The first-order valence-corrected chi connectivity index (χ1v) is 14.7. The predicted octanol–water partition coefficient (Wildman–Crippen LogP) is 6.29. The summed E-state index contributed by atoms with van der Waals surface area (Å²) in [6.07, 6.45) is 0.360. The second-order valence-electron chi connectivity index (χ2n) is 12.4. The molecule has 12 nitrogen and oxygen atoms in total. The number of benzene rings is 2. The van der Waals surface area contributed by atoms with Crippen molar-refractivity contribution in [1.82, 2.24) is 5.39 Å². The summed E-state index contributed by atoms with van der Waals surface area (Å²) in [4.78, 5) is 48.7. The fourth-order valence-corrected chi connectivity index (χ4v) is 4.02. The number of hydrogen-bond donors (Lipinski definition) is 3. The lowest BCUT2D eigenvalue weighted by atomic mass is 9.98. The summed E-state index contributed by atoms with van der Waals surface area (Å²) >= 11 is 0. The molecule has 0 aliphatic heterocycles. The summed E-state index contributed by atoms with van der Waals surface area (Å²) < 4.78 is 9.83. The van der Waals surface area contributed by atoms with E-state index in [4.69, 9.17) is 14.3 Å². The van der Waals surface area contributed by atoms with Gasteiger partial charge in [-0.05, 0) is 75.8 Å². The zero-order valence-corrected chi connectivity index (χ0v) is 27.1. The number of esters is 2. The number of urea groups is 1. The zero-order chi connectivity index (χ0) is 32.9. The number of amides is 2. The molecule has 12 heteroatoms. The predicted molar refractivity (Wildman–Crippen MR) is 168 cm³/mol. The van der Waals surface area contributed by atoms with Crippen LogP contribution in [0.5, 0.6) is 0 Å². The molecule has 0 aliphatic rings. The van der Waals surface area contributed by atoms with E-state index in [-0.39, 0.29) is 17.8 Å². The Labute approximate surface area is 260 Å². The van der Waals surface area contributed by atoms with Crippen molar-refractivity contribution in [3.63, 3.8) is 0 Å². The minimum absolute atomic E-state index is 0.0227. The van der Waals surface area contributed by atoms with E-state index in [1.807, 2.05) is 49.4 Å². The lowest BCUT2D eigenvalue weighted by Crippen LogP contribution is -2.32. The molecule has 2 rings (SSSR count). The van der Waals surface area contributed by atoms with Gasteiger partial charge in [-0.2, -0.15) is 0 Å². The quantitative estimate of drug-likeness (QED) is 0.112. The van der Waals surface area contributed by atoms with Crippen LogP contribution in [0.25, 0.3) is 0 Å². The number of rotatable bonds is 16. The van der Waals surface area contributed by atoms with Crippen LogP contribution in [0, 0.1) is 24.2 Å². The van der Waals surface area contributed by atoms with Crippen molar-refractivity contribution in [3.8, 4) is 0 Å². The van der Waals surface area contributed by atoms with E-state index in [2.05, 4.69) is 48.1 Å². The Morgan fingerprint density at radius 3 is 2.02 bits per heavy atom. The van der Waals surface area contributed by atoms with E-state index in [1.165, 1.54) is 0 Å². The number of hydrogen-bond acceptors (Lipinski definition) is 10. The van der Waals surface area contributed by atoms with Gasteiger partial charge in [0.05, 0.1) is 22.2 Å². The number of carbonyl (C=O) groups is 3. The topological polar surface area (TPSA) is 139 Å². The van der Waals surface area contributed by atoms with Gasteiger partial charge >= 0.3 is 18.0 Å². The minimum Gasteiger partial charge on any atom is -0.437 e. The highest BCUT2D eigenvalue weighted by molar-refractivity contribution is 6.02. The third-order valence-corrected chi connectivity index (χ3v) is 6.10. The van der Waals surface area contributed by atoms with Crippen molar-refractivity contribution in [3.05, 3.63) is 53.6 Å². The third kappa shape index (κ3) is 13.7. The summed E-state index contributed by atoms with van der Waals surface area (Å²) in [6.45, 7) is 16.0. The van der Waals surface area contributed by atoms with Crippen LogP contribution in [0.2, 0.25) is 0 Å². The maximum atomic E-state index is 13.0. The molecule has 0 fully saturated rings. The van der Waals surface area contributed by atoms with Crippen molar-refractivity contribution < 1.29 is 38.7 Å². The monoisotopic (exact) mass is 616 g/mol. The van der Waals surface area contributed by atoms with E-state index in [0.717, 1.165) is 29.9 Å². The van der Waals surface area contributed by atoms with Gasteiger partial charge in [-0.25, -0.2) is 14.5 Å². The Morgan fingerprint density at radius 2 is 1.45 bits per heavy atom. The summed E-state index contributed by atoms with van der Waals surface area (Å²) in [5.41, 5.74) is 3.38. The van der Waals surface area contributed by atoms with Gasteiger partial charge in [-0.1, -0.05) is 51.5 Å². The molecule has 0 atom stereocenters. The molecular weight excluding hydrogens is 568 g/mol. The van der Waals surface area contributed by atoms with Gasteiger partial charge in [0.15, 0.2) is 0 Å². The molecule has 0 unspecified atom stereocenters. The summed E-state index contributed by atoms with van der Waals surface area (Å²) in [5.74, 6) is -0.297. The molecule has 2 aromatic rings. The van der Waals surface area contributed by atoms with Crippen LogP contribution in [-0.4, -0.2) is 55.2 Å². The maximum absolute atomic E-state index is 13.0. The van der Waals surface area contributed by atoms with Crippen LogP contribution >= 0.6 is 0 Å². The van der Waals surface area contributed by atoms with Gasteiger partial charge in [0, 0.05) is 25.2 Å². The third-order valence-electron chi connectivity index (χ3n) is 6.10. The van der Waals surface area contributed by atoms with Crippen molar-refractivity contribution in [1.29, 1.82) is 0 Å². The number of nitrogens with one attached hydrogen (secondary N) is 2. The van der Waals surface area contributed by atoms with Crippen molar-refractivity contribution in [2.24, 2.45) is 17.3 Å². The van der Waals surface area contributed by atoms with Gasteiger partial charge in [0.2, 0.25) is 13.6 Å². The summed E-state index contributed by atoms with van der Waals surface area (Å²) in [5, 5.41) is 15.4. The highest BCUT2D eigenvalue weighted by atomic mass is 17.1. The van der Waals surface area contributed by atoms with Gasteiger partial charge in [0.25, 0.3) is 0 Å². The number of aryl methyl sites for hydroxylation is 2. The molecule has 0 aromatic heterocycles. The van der Waals surface area contributed by atoms with Crippen LogP contribution in [0.4, 0.5) is 21.9 Å².